The molecule has 2 amide bonds. The molecule has 0 saturated carbocycles. The Morgan fingerprint density at radius 2 is 1.95 bits per heavy atom. The van der Waals surface area contributed by atoms with Gasteiger partial charge in [-0.15, -0.1) is 11.3 Å². The Hall–Kier alpha value is -4.03. The molecule has 6 N–H and O–H groups in total. The van der Waals surface area contributed by atoms with E-state index in [1.165, 1.54) is 11.3 Å². The number of benzene rings is 2. The molecule has 11 nitrogen and oxygen atoms in total. The van der Waals surface area contributed by atoms with Gasteiger partial charge in [0.1, 0.15) is 11.8 Å². The van der Waals surface area contributed by atoms with Gasteiger partial charge >= 0.3 is 0 Å². The Morgan fingerprint density at radius 1 is 1.17 bits per heavy atom. The van der Waals surface area contributed by atoms with E-state index in [1.807, 2.05) is 36.4 Å². The van der Waals surface area contributed by atoms with Crippen molar-refractivity contribution >= 4 is 45.1 Å². The number of guanidine groups is 1. The number of hydrogen-bond donors (Lipinski definition) is 4. The molecular formula is C29H37N7O4S. The summed E-state index contributed by atoms with van der Waals surface area (Å²) in [6.07, 6.45) is 2.52. The number of likely N-dealkylation sites (tertiary alicyclic amines) is 1. The molecule has 1 fully saturated rings. The molecular weight excluding hydrogens is 542 g/mol. The number of carbonyl (C=O) groups is 3. The first-order chi connectivity index (χ1) is 19.8. The average molecular weight is 580 g/mol. The molecule has 1 unspecified atom stereocenters. The fourth-order valence-electron chi connectivity index (χ4n) is 4.99. The Morgan fingerprint density at radius 3 is 2.66 bits per heavy atom. The number of ether oxygens (including phenoxy) is 1. The molecule has 1 aromatic heterocycles. The fraction of sp³-hybridized carbons (Fsp3) is 0.414. The second-order valence-corrected chi connectivity index (χ2v) is 11.0. The molecule has 0 bridgehead atoms. The van der Waals surface area contributed by atoms with Gasteiger partial charge in [-0.05, 0) is 62.9 Å². The van der Waals surface area contributed by atoms with Gasteiger partial charge in [0, 0.05) is 13.1 Å². The summed E-state index contributed by atoms with van der Waals surface area (Å²) in [6.45, 7) is 0.795. The largest absolute Gasteiger partial charge is 0.497 e. The van der Waals surface area contributed by atoms with Crippen molar-refractivity contribution in [1.29, 1.82) is 0 Å². The van der Waals surface area contributed by atoms with Crippen LogP contribution in [0.1, 0.15) is 41.0 Å². The molecule has 41 heavy (non-hydrogen) atoms. The molecule has 0 spiro atoms. The normalized spacial score (nSPS) is 16.2. The number of amides is 2. The quantitative estimate of drug-likeness (QED) is 0.103. The average Bonchev–Trinajstić information content (AvgIpc) is 3.64. The van der Waals surface area contributed by atoms with Crippen molar-refractivity contribution in [3.05, 3.63) is 59.1 Å². The van der Waals surface area contributed by atoms with E-state index in [1.54, 1.807) is 31.2 Å². The molecule has 12 heteroatoms. The van der Waals surface area contributed by atoms with E-state index >= 15 is 0 Å². The molecule has 0 radical (unpaired) electrons. The van der Waals surface area contributed by atoms with Crippen LogP contribution in [0.15, 0.2) is 53.5 Å². The van der Waals surface area contributed by atoms with Crippen LogP contribution < -0.4 is 26.8 Å². The number of nitrogens with two attached hydrogens (primary N) is 2. The first kappa shape index (κ1) is 29.9. The van der Waals surface area contributed by atoms with Crippen LogP contribution in [0, 0.1) is 0 Å². The van der Waals surface area contributed by atoms with Crippen molar-refractivity contribution in [3.63, 3.8) is 0 Å². The Bertz CT molecular complexity index is 1390. The number of methoxy groups -OCH3 is 1. The third kappa shape index (κ3) is 7.59. The zero-order valence-electron chi connectivity index (χ0n) is 23.3. The van der Waals surface area contributed by atoms with Crippen LogP contribution in [-0.2, 0) is 16.0 Å². The molecule has 1 aliphatic rings. The van der Waals surface area contributed by atoms with Gasteiger partial charge in [0.2, 0.25) is 17.6 Å². The molecule has 1 saturated heterocycles. The van der Waals surface area contributed by atoms with Gasteiger partial charge in [0.25, 0.3) is 0 Å². The van der Waals surface area contributed by atoms with E-state index < -0.39 is 18.1 Å². The van der Waals surface area contributed by atoms with E-state index in [0.29, 0.717) is 56.5 Å². The molecule has 3 aromatic rings. The number of hydrogen-bond acceptors (Lipinski definition) is 8. The summed E-state index contributed by atoms with van der Waals surface area (Å²) in [4.78, 5) is 50.9. The zero-order chi connectivity index (χ0) is 29.4. The standard InChI is InChI=1S/C29H37N7O4S/c1-32-22(16-18-8-4-3-5-9-18)28(39)36-15-7-11-23(36)26(38)34-21(10-6-14-33-29(30)31)25(37)27-35-20-13-12-19(40-2)17-24(20)41-27/h3-5,8-9,12-13,17,21-23,32H,6-7,10-11,14-16H2,1-2H3,(H,34,38)(H4,30,31,33)/t21?,22-,23+/m1/s1. The summed E-state index contributed by atoms with van der Waals surface area (Å²) in [7, 11) is 3.32. The Balaban J connectivity index is 1.50. The van der Waals surface area contributed by atoms with Crippen LogP contribution >= 0.6 is 11.3 Å². The molecule has 0 aliphatic carbocycles. The number of nitrogens with one attached hydrogen (secondary N) is 2. The van der Waals surface area contributed by atoms with Gasteiger partial charge in [0.15, 0.2) is 11.0 Å². The van der Waals surface area contributed by atoms with Gasteiger partial charge < -0.3 is 31.7 Å². The van der Waals surface area contributed by atoms with E-state index in [0.717, 1.165) is 10.3 Å². The number of nitrogens with zero attached hydrogens (tertiary/aromatic N) is 3. The molecule has 3 atom stereocenters. The first-order valence-electron chi connectivity index (χ1n) is 13.7. The van der Waals surface area contributed by atoms with Crippen molar-refractivity contribution in [2.45, 2.75) is 50.2 Å². The maximum atomic E-state index is 13.6. The van der Waals surface area contributed by atoms with E-state index in [2.05, 4.69) is 20.6 Å². The number of aliphatic imine (C=N–C) groups is 1. The number of ketones is 1. The minimum absolute atomic E-state index is 0.0354. The van der Waals surface area contributed by atoms with E-state index in [4.69, 9.17) is 16.2 Å². The van der Waals surface area contributed by atoms with Crippen LogP contribution in [-0.4, -0.2) is 78.8 Å². The van der Waals surface area contributed by atoms with Crippen molar-refractivity contribution in [2.24, 2.45) is 16.5 Å². The van der Waals surface area contributed by atoms with Crippen molar-refractivity contribution in [1.82, 2.24) is 20.5 Å². The predicted molar refractivity (Wildman–Crippen MR) is 160 cm³/mol. The second kappa shape index (κ2) is 14.0. The lowest BCUT2D eigenvalue weighted by Crippen LogP contribution is -2.54. The summed E-state index contributed by atoms with van der Waals surface area (Å²) in [5.74, 6) is -0.151. The van der Waals surface area contributed by atoms with Crippen LogP contribution in [0.5, 0.6) is 5.75 Å². The van der Waals surface area contributed by atoms with Gasteiger partial charge in [-0.3, -0.25) is 19.4 Å². The highest BCUT2D eigenvalue weighted by molar-refractivity contribution is 7.20. The molecule has 4 rings (SSSR count). The summed E-state index contributed by atoms with van der Waals surface area (Å²) in [5, 5.41) is 6.33. The molecule has 218 valence electrons. The van der Waals surface area contributed by atoms with Gasteiger partial charge in [0.05, 0.1) is 29.4 Å². The number of aromatic nitrogens is 1. The lowest BCUT2D eigenvalue weighted by Gasteiger charge is -2.29. The molecule has 1 aliphatic heterocycles. The van der Waals surface area contributed by atoms with Gasteiger partial charge in [-0.2, -0.15) is 0 Å². The predicted octanol–water partition coefficient (Wildman–Crippen LogP) is 1.85. The fourth-order valence-corrected chi connectivity index (χ4v) is 5.98. The van der Waals surface area contributed by atoms with Crippen molar-refractivity contribution in [3.8, 4) is 5.75 Å². The summed E-state index contributed by atoms with van der Waals surface area (Å²) in [6, 6.07) is 13.2. The van der Waals surface area contributed by atoms with Crippen LogP contribution in [0.4, 0.5) is 0 Å². The topological polar surface area (TPSA) is 165 Å². The van der Waals surface area contributed by atoms with Crippen LogP contribution in [0.3, 0.4) is 0 Å². The highest BCUT2D eigenvalue weighted by Crippen LogP contribution is 2.28. The lowest BCUT2D eigenvalue weighted by molar-refractivity contribution is -0.140. The van der Waals surface area contributed by atoms with Crippen LogP contribution in [0.2, 0.25) is 0 Å². The zero-order valence-corrected chi connectivity index (χ0v) is 24.2. The lowest BCUT2D eigenvalue weighted by atomic mass is 10.0. The minimum Gasteiger partial charge on any atom is -0.497 e. The van der Waals surface area contributed by atoms with E-state index in [-0.39, 0.29) is 28.6 Å². The summed E-state index contributed by atoms with van der Waals surface area (Å²) < 4.78 is 6.10. The summed E-state index contributed by atoms with van der Waals surface area (Å²) >= 11 is 1.25. The smallest absolute Gasteiger partial charge is 0.243 e. The van der Waals surface area contributed by atoms with Gasteiger partial charge in [-0.1, -0.05) is 30.3 Å². The highest BCUT2D eigenvalue weighted by Gasteiger charge is 2.38. The Kier molecular flexibility index (Phi) is 10.3. The van der Waals surface area contributed by atoms with Crippen LogP contribution in [0.25, 0.3) is 10.2 Å². The number of fused-ring (bicyclic) bond motifs is 1. The maximum Gasteiger partial charge on any atom is 0.243 e. The highest BCUT2D eigenvalue weighted by atomic mass is 32.1. The number of carbonyl (C=O) groups excluding carboxylic acids is 3. The number of Topliss-reactive ketones (excluding diaryl/α,β-unsaturated/α-hetero) is 1. The van der Waals surface area contributed by atoms with Crippen molar-refractivity contribution < 1.29 is 19.1 Å². The SMILES string of the molecule is CN[C@H](Cc1ccccc1)C(=O)N1CCC[C@H]1C(=O)NC(CCCN=C(N)N)C(=O)c1nc2ccc(OC)cc2s1. The minimum atomic E-state index is -0.846. The number of likely N-dealkylation sites (N-methyl/N-ethyl adjacent to an activating group) is 1. The number of thiazole rings is 1. The number of rotatable bonds is 13. The summed E-state index contributed by atoms with van der Waals surface area (Å²) in [5.41, 5.74) is 12.6. The van der Waals surface area contributed by atoms with E-state index in [9.17, 15) is 14.4 Å². The maximum absolute atomic E-state index is 13.6. The third-order valence-electron chi connectivity index (χ3n) is 7.15. The first-order valence-corrected chi connectivity index (χ1v) is 14.5. The third-order valence-corrected chi connectivity index (χ3v) is 8.19. The Labute approximate surface area is 243 Å². The molecule has 2 aromatic carbocycles. The molecule has 2 heterocycles. The second-order valence-electron chi connectivity index (χ2n) is 9.95. The van der Waals surface area contributed by atoms with Gasteiger partial charge in [-0.25, -0.2) is 4.98 Å². The monoisotopic (exact) mass is 579 g/mol. The van der Waals surface area contributed by atoms with Crippen molar-refractivity contribution in [2.75, 3.05) is 27.2 Å².